The van der Waals surface area contributed by atoms with E-state index in [1.165, 1.54) is 7.11 Å². The van der Waals surface area contributed by atoms with Crippen LogP contribution in [0.15, 0.2) is 35.1 Å². The third-order valence-corrected chi connectivity index (χ3v) is 9.34. The molecule has 42 heavy (non-hydrogen) atoms. The number of para-hydroxylation sites is 1. The molecule has 2 amide bonds. The number of amides is 2. The molecule has 0 aliphatic carbocycles. The first kappa shape index (κ1) is 29.8. The second-order valence-corrected chi connectivity index (χ2v) is 12.0. The molecule has 226 valence electrons. The summed E-state index contributed by atoms with van der Waals surface area (Å²) in [4.78, 5) is 45.8. The zero-order chi connectivity index (χ0) is 30.2. The minimum Gasteiger partial charge on any atom is -0.496 e. The normalized spacial score (nSPS) is 18.7. The zero-order valence-corrected chi connectivity index (χ0v) is 25.3. The van der Waals surface area contributed by atoms with Gasteiger partial charge in [0.2, 0.25) is 0 Å². The van der Waals surface area contributed by atoms with Crippen molar-refractivity contribution in [1.82, 2.24) is 24.7 Å². The third kappa shape index (κ3) is 5.56. The summed E-state index contributed by atoms with van der Waals surface area (Å²) in [5.74, 6) is 0.0855. The Balaban J connectivity index is 1.33. The van der Waals surface area contributed by atoms with Gasteiger partial charge in [0.25, 0.3) is 17.4 Å². The fourth-order valence-corrected chi connectivity index (χ4v) is 6.76. The first-order chi connectivity index (χ1) is 20.0. The maximum Gasteiger partial charge on any atom is 0.260 e. The highest BCUT2D eigenvalue weighted by Crippen LogP contribution is 2.37. The predicted molar refractivity (Wildman–Crippen MR) is 161 cm³/mol. The Morgan fingerprint density at radius 3 is 2.48 bits per heavy atom. The largest absolute Gasteiger partial charge is 0.496 e. The van der Waals surface area contributed by atoms with E-state index in [1.54, 1.807) is 17.9 Å². The number of benzene rings is 1. The number of carbonyl (C=O) groups excluding carboxylic acids is 2. The highest BCUT2D eigenvalue weighted by atomic mass is 19.1. The first-order valence-corrected chi connectivity index (χ1v) is 14.9. The van der Waals surface area contributed by atoms with E-state index in [2.05, 4.69) is 26.7 Å². The minimum absolute atomic E-state index is 0.0327. The molecule has 2 aliphatic heterocycles. The van der Waals surface area contributed by atoms with Crippen molar-refractivity contribution >= 4 is 22.7 Å². The van der Waals surface area contributed by atoms with Gasteiger partial charge in [0, 0.05) is 67.4 Å². The second kappa shape index (κ2) is 11.9. The van der Waals surface area contributed by atoms with E-state index in [-0.39, 0.29) is 48.7 Å². The van der Waals surface area contributed by atoms with Gasteiger partial charge in [-0.2, -0.15) is 0 Å². The number of carbonyl (C=O) groups is 2. The number of alkyl halides is 1. The third-order valence-electron chi connectivity index (χ3n) is 9.34. The highest BCUT2D eigenvalue weighted by molar-refractivity contribution is 6.08. The lowest BCUT2D eigenvalue weighted by molar-refractivity contribution is -0.148. The number of hydrogen-bond donors (Lipinski definition) is 2. The molecular weight excluding hydrogens is 537 g/mol. The maximum atomic E-state index is 15.5. The van der Waals surface area contributed by atoms with Crippen LogP contribution in [0.25, 0.3) is 10.9 Å². The Kier molecular flexibility index (Phi) is 8.46. The van der Waals surface area contributed by atoms with Crippen LogP contribution in [0.3, 0.4) is 0 Å². The molecule has 1 atom stereocenters. The number of pyridine rings is 1. The lowest BCUT2D eigenvalue weighted by Gasteiger charge is -2.41. The van der Waals surface area contributed by atoms with Crippen molar-refractivity contribution in [2.24, 2.45) is 5.92 Å². The van der Waals surface area contributed by atoms with Gasteiger partial charge in [-0.3, -0.25) is 14.4 Å². The van der Waals surface area contributed by atoms with Gasteiger partial charge in [-0.1, -0.05) is 18.2 Å². The van der Waals surface area contributed by atoms with Gasteiger partial charge < -0.3 is 29.4 Å². The molecule has 0 bridgehead atoms. The molecular formula is C32H42FN5O4. The number of ether oxygens (including phenoxy) is 1. The van der Waals surface area contributed by atoms with Crippen molar-refractivity contribution < 1.29 is 18.7 Å². The Morgan fingerprint density at radius 1 is 1.14 bits per heavy atom. The van der Waals surface area contributed by atoms with Crippen LogP contribution >= 0.6 is 0 Å². The number of rotatable bonds is 7. The summed E-state index contributed by atoms with van der Waals surface area (Å²) in [6.07, 6.45) is 2.05. The van der Waals surface area contributed by atoms with Crippen molar-refractivity contribution in [2.45, 2.75) is 64.7 Å². The Morgan fingerprint density at radius 2 is 1.81 bits per heavy atom. The van der Waals surface area contributed by atoms with Gasteiger partial charge in [0.05, 0.1) is 24.8 Å². The summed E-state index contributed by atoms with van der Waals surface area (Å²) < 4.78 is 23.1. The van der Waals surface area contributed by atoms with Crippen molar-refractivity contribution in [3.8, 4) is 5.75 Å². The van der Waals surface area contributed by atoms with E-state index in [0.29, 0.717) is 48.7 Å². The fourth-order valence-electron chi connectivity index (χ4n) is 6.76. The predicted octanol–water partition coefficient (Wildman–Crippen LogP) is 4.12. The molecule has 4 heterocycles. The number of nitrogens with one attached hydrogen (secondary N) is 2. The number of aromatic amines is 1. The van der Waals surface area contributed by atoms with Gasteiger partial charge in [0.15, 0.2) is 5.67 Å². The average molecular weight is 580 g/mol. The number of H-pyrrole nitrogens is 1. The molecule has 0 radical (unpaired) electrons. The zero-order valence-electron chi connectivity index (χ0n) is 25.3. The Labute approximate surface area is 246 Å². The van der Waals surface area contributed by atoms with Crippen LogP contribution in [0.2, 0.25) is 0 Å². The van der Waals surface area contributed by atoms with E-state index in [4.69, 9.17) is 4.74 Å². The van der Waals surface area contributed by atoms with Crippen LogP contribution in [0, 0.1) is 19.8 Å². The molecule has 5 rings (SSSR count). The molecule has 1 aromatic carbocycles. The molecule has 2 aromatic heterocycles. The number of aryl methyl sites for hydroxylation is 1. The van der Waals surface area contributed by atoms with Crippen LogP contribution in [0.4, 0.5) is 4.39 Å². The van der Waals surface area contributed by atoms with E-state index in [1.807, 2.05) is 38.2 Å². The average Bonchev–Trinajstić information content (AvgIpc) is 3.28. The molecule has 0 saturated carbocycles. The summed E-state index contributed by atoms with van der Waals surface area (Å²) in [6, 6.07) is 9.66. The van der Waals surface area contributed by atoms with E-state index in [0.717, 1.165) is 29.4 Å². The minimum atomic E-state index is -1.76. The summed E-state index contributed by atoms with van der Waals surface area (Å²) in [5.41, 5.74) is 1.38. The SMILES string of the molecule is COc1cc(C)[nH]c(=O)c1CNC(=O)c1c(C)n([C@H](C)C2CCN(C(=O)C3(F)CCN(C)CC3)CC2)c2ccccc12. The van der Waals surface area contributed by atoms with Gasteiger partial charge in [-0.25, -0.2) is 4.39 Å². The molecule has 2 N–H and O–H groups in total. The number of nitrogens with zero attached hydrogens (tertiary/aromatic N) is 3. The van der Waals surface area contributed by atoms with Crippen LogP contribution in [-0.4, -0.2) is 77.2 Å². The number of aromatic nitrogens is 2. The molecule has 0 spiro atoms. The quantitative estimate of drug-likeness (QED) is 0.439. The lowest BCUT2D eigenvalue weighted by Crippen LogP contribution is -2.53. The highest BCUT2D eigenvalue weighted by Gasteiger charge is 2.44. The standard InChI is InChI=1S/C32H42FN5O4/c1-20-18-27(42-5)25(29(39)35-20)19-34-30(40)28-22(3)38(26-9-7-6-8-24(26)28)21(2)23-10-14-37(15-11-23)31(41)32(33)12-16-36(4)17-13-32/h6-9,18,21,23H,10-17,19H2,1-5H3,(H,34,40)(H,35,39)/t21-/m1/s1. The summed E-state index contributed by atoms with van der Waals surface area (Å²) in [6.45, 7) is 8.19. The van der Waals surface area contributed by atoms with Crippen molar-refractivity contribution in [3.05, 3.63) is 63.2 Å². The van der Waals surface area contributed by atoms with Crippen LogP contribution in [0.5, 0.6) is 5.75 Å². The van der Waals surface area contributed by atoms with Crippen molar-refractivity contribution in [2.75, 3.05) is 40.3 Å². The number of methoxy groups -OCH3 is 1. The van der Waals surface area contributed by atoms with Gasteiger partial charge >= 0.3 is 0 Å². The molecule has 3 aromatic rings. The molecule has 2 saturated heterocycles. The molecule has 2 aliphatic rings. The fraction of sp³-hybridized carbons (Fsp3) is 0.531. The number of fused-ring (bicyclic) bond motifs is 1. The van der Waals surface area contributed by atoms with E-state index < -0.39 is 5.67 Å². The maximum absolute atomic E-state index is 15.5. The van der Waals surface area contributed by atoms with Gasteiger partial charge in [-0.15, -0.1) is 0 Å². The van der Waals surface area contributed by atoms with Crippen LogP contribution in [-0.2, 0) is 11.3 Å². The first-order valence-electron chi connectivity index (χ1n) is 14.9. The topological polar surface area (TPSA) is 99.7 Å². The lowest BCUT2D eigenvalue weighted by atomic mass is 9.87. The van der Waals surface area contributed by atoms with Gasteiger partial charge in [-0.05, 0) is 58.7 Å². The summed E-state index contributed by atoms with van der Waals surface area (Å²) in [7, 11) is 3.46. The summed E-state index contributed by atoms with van der Waals surface area (Å²) >= 11 is 0. The molecule has 2 fully saturated rings. The number of hydrogen-bond acceptors (Lipinski definition) is 5. The Hall–Kier alpha value is -3.66. The van der Waals surface area contributed by atoms with Crippen molar-refractivity contribution in [3.63, 3.8) is 0 Å². The van der Waals surface area contributed by atoms with Crippen molar-refractivity contribution in [1.29, 1.82) is 0 Å². The second-order valence-electron chi connectivity index (χ2n) is 12.0. The van der Waals surface area contributed by atoms with E-state index in [9.17, 15) is 14.4 Å². The van der Waals surface area contributed by atoms with E-state index >= 15 is 4.39 Å². The summed E-state index contributed by atoms with van der Waals surface area (Å²) in [5, 5.41) is 3.78. The number of piperidine rings is 2. The number of halogens is 1. The monoisotopic (exact) mass is 579 g/mol. The van der Waals surface area contributed by atoms with Gasteiger partial charge in [0.1, 0.15) is 5.75 Å². The smallest absolute Gasteiger partial charge is 0.260 e. The molecule has 9 nitrogen and oxygen atoms in total. The molecule has 0 unspecified atom stereocenters. The Bertz CT molecular complexity index is 1530. The van der Waals surface area contributed by atoms with Crippen LogP contribution in [0.1, 0.15) is 66.0 Å². The number of likely N-dealkylation sites (tertiary alicyclic amines) is 2. The molecule has 10 heteroatoms. The van der Waals surface area contributed by atoms with Crippen LogP contribution < -0.4 is 15.6 Å².